The van der Waals surface area contributed by atoms with Gasteiger partial charge >= 0.3 is 0 Å². The van der Waals surface area contributed by atoms with Crippen LogP contribution in [0.2, 0.25) is 0 Å². The van der Waals surface area contributed by atoms with E-state index in [2.05, 4.69) is 5.32 Å². The number of fused-ring (bicyclic) bond motifs is 1. The molecule has 2 aliphatic rings. The third-order valence-electron chi connectivity index (χ3n) is 4.24. The topological polar surface area (TPSA) is 38.3 Å². The molecule has 0 aromatic heterocycles. The zero-order valence-electron chi connectivity index (χ0n) is 10.7. The van der Waals surface area contributed by atoms with Crippen LogP contribution in [0.3, 0.4) is 0 Å². The van der Waals surface area contributed by atoms with Crippen molar-refractivity contribution in [3.05, 3.63) is 29.8 Å². The number of nitrogens with one attached hydrogen (secondary N) is 1. The second-order valence-electron chi connectivity index (χ2n) is 5.49. The van der Waals surface area contributed by atoms with Crippen molar-refractivity contribution in [3.63, 3.8) is 0 Å². The van der Waals surface area contributed by atoms with Gasteiger partial charge in [-0.05, 0) is 48.8 Å². The van der Waals surface area contributed by atoms with Crippen molar-refractivity contribution in [1.82, 2.24) is 5.32 Å². The van der Waals surface area contributed by atoms with Gasteiger partial charge in [-0.25, -0.2) is 0 Å². The van der Waals surface area contributed by atoms with E-state index < -0.39 is 0 Å². The Hall–Kier alpha value is -1.51. The number of ether oxygens (including phenoxy) is 1. The second-order valence-corrected chi connectivity index (χ2v) is 5.49. The maximum atomic E-state index is 12.0. The zero-order chi connectivity index (χ0) is 12.5. The van der Waals surface area contributed by atoms with Crippen LogP contribution in [0, 0.1) is 17.8 Å². The van der Waals surface area contributed by atoms with Gasteiger partial charge in [0.15, 0.2) is 0 Å². The number of benzene rings is 1. The monoisotopic (exact) mass is 245 g/mol. The Morgan fingerprint density at radius 3 is 2.50 bits per heavy atom. The fraction of sp³-hybridized carbons (Fsp3) is 0.533. The van der Waals surface area contributed by atoms with E-state index in [0.29, 0.717) is 6.54 Å². The first-order valence-corrected chi connectivity index (χ1v) is 6.67. The predicted molar refractivity (Wildman–Crippen MR) is 69.2 cm³/mol. The first-order valence-electron chi connectivity index (χ1n) is 6.67. The molecular formula is C15H19NO2. The average Bonchev–Trinajstić information content (AvgIpc) is 3.03. The Labute approximate surface area is 108 Å². The van der Waals surface area contributed by atoms with Gasteiger partial charge in [0.1, 0.15) is 5.75 Å². The van der Waals surface area contributed by atoms with Gasteiger partial charge in [-0.15, -0.1) is 0 Å². The molecule has 0 bridgehead atoms. The number of amides is 1. The number of hydrogen-bond donors (Lipinski definition) is 1. The maximum Gasteiger partial charge on any atom is 0.223 e. The van der Waals surface area contributed by atoms with Crippen LogP contribution in [0.1, 0.15) is 24.8 Å². The normalized spacial score (nSPS) is 28.6. The van der Waals surface area contributed by atoms with E-state index in [0.717, 1.165) is 36.0 Å². The van der Waals surface area contributed by atoms with Gasteiger partial charge in [-0.3, -0.25) is 4.79 Å². The van der Waals surface area contributed by atoms with Crippen LogP contribution in [-0.4, -0.2) is 13.0 Å². The van der Waals surface area contributed by atoms with E-state index in [9.17, 15) is 4.79 Å². The van der Waals surface area contributed by atoms with Gasteiger partial charge < -0.3 is 10.1 Å². The van der Waals surface area contributed by atoms with Crippen LogP contribution >= 0.6 is 0 Å². The van der Waals surface area contributed by atoms with E-state index in [1.54, 1.807) is 7.11 Å². The van der Waals surface area contributed by atoms with E-state index in [-0.39, 0.29) is 11.8 Å². The summed E-state index contributed by atoms with van der Waals surface area (Å²) < 4.78 is 5.11. The molecule has 1 N–H and O–H groups in total. The molecule has 2 unspecified atom stereocenters. The summed E-state index contributed by atoms with van der Waals surface area (Å²) in [5, 5.41) is 3.04. The average molecular weight is 245 g/mol. The Morgan fingerprint density at radius 1 is 1.22 bits per heavy atom. The largest absolute Gasteiger partial charge is 0.497 e. The molecule has 3 nitrogen and oxygen atoms in total. The lowest BCUT2D eigenvalue weighted by atomic mass is 10.0. The Kier molecular flexibility index (Phi) is 2.98. The summed E-state index contributed by atoms with van der Waals surface area (Å²) in [7, 11) is 1.65. The highest BCUT2D eigenvalue weighted by Gasteiger charge is 2.47. The van der Waals surface area contributed by atoms with Crippen molar-refractivity contribution in [2.45, 2.75) is 25.8 Å². The van der Waals surface area contributed by atoms with Crippen LogP contribution in [0.5, 0.6) is 5.75 Å². The predicted octanol–water partition coefficient (Wildman–Crippen LogP) is 2.36. The van der Waals surface area contributed by atoms with Gasteiger partial charge in [0, 0.05) is 12.5 Å². The Morgan fingerprint density at radius 2 is 1.89 bits per heavy atom. The molecule has 3 heteroatoms. The summed E-state index contributed by atoms with van der Waals surface area (Å²) in [6, 6.07) is 7.83. The summed E-state index contributed by atoms with van der Waals surface area (Å²) in [4.78, 5) is 12.0. The highest BCUT2D eigenvalue weighted by molar-refractivity contribution is 5.79. The molecule has 0 radical (unpaired) electrons. The molecule has 1 amide bonds. The Balaban J connectivity index is 1.49. The molecule has 18 heavy (non-hydrogen) atoms. The van der Waals surface area contributed by atoms with E-state index in [1.165, 1.54) is 6.42 Å². The lowest BCUT2D eigenvalue weighted by molar-refractivity contribution is -0.125. The number of methoxy groups -OCH3 is 1. The molecule has 2 fully saturated rings. The van der Waals surface area contributed by atoms with Crippen molar-refractivity contribution in [2.24, 2.45) is 17.8 Å². The highest BCUT2D eigenvalue weighted by atomic mass is 16.5. The van der Waals surface area contributed by atoms with Gasteiger partial charge in [-0.1, -0.05) is 12.1 Å². The van der Waals surface area contributed by atoms with E-state index >= 15 is 0 Å². The van der Waals surface area contributed by atoms with Crippen molar-refractivity contribution in [2.75, 3.05) is 7.11 Å². The van der Waals surface area contributed by atoms with Gasteiger partial charge in [0.25, 0.3) is 0 Å². The number of carbonyl (C=O) groups is 1. The highest BCUT2D eigenvalue weighted by Crippen LogP contribution is 2.54. The molecule has 1 aromatic rings. The standard InChI is InChI=1S/C15H19NO2/c1-18-14-4-2-10(3-5-14)9-16-15(17)13-7-11-6-12(11)8-13/h2-5,11-13H,6-9H2,1H3,(H,16,17). The number of carbonyl (C=O) groups excluding carboxylic acids is 1. The van der Waals surface area contributed by atoms with Gasteiger partial charge in [0.2, 0.25) is 5.91 Å². The molecule has 1 aromatic carbocycles. The number of rotatable bonds is 4. The lowest BCUT2D eigenvalue weighted by Crippen LogP contribution is -2.29. The van der Waals surface area contributed by atoms with Gasteiger partial charge in [-0.2, -0.15) is 0 Å². The fourth-order valence-corrected chi connectivity index (χ4v) is 3.01. The summed E-state index contributed by atoms with van der Waals surface area (Å²) in [6.45, 7) is 0.620. The first kappa shape index (κ1) is 11.6. The molecular weight excluding hydrogens is 226 g/mol. The third-order valence-corrected chi connectivity index (χ3v) is 4.24. The van der Waals surface area contributed by atoms with Crippen molar-refractivity contribution in [1.29, 1.82) is 0 Å². The minimum atomic E-state index is 0.234. The van der Waals surface area contributed by atoms with Crippen LogP contribution in [0.15, 0.2) is 24.3 Å². The van der Waals surface area contributed by atoms with E-state index in [1.807, 2.05) is 24.3 Å². The zero-order valence-corrected chi connectivity index (χ0v) is 10.7. The minimum Gasteiger partial charge on any atom is -0.497 e. The van der Waals surface area contributed by atoms with Gasteiger partial charge in [0.05, 0.1) is 7.11 Å². The minimum absolute atomic E-state index is 0.234. The fourth-order valence-electron chi connectivity index (χ4n) is 3.01. The summed E-state index contributed by atoms with van der Waals surface area (Å²) in [5.74, 6) is 3.08. The molecule has 0 heterocycles. The van der Waals surface area contributed by atoms with Crippen LogP contribution in [-0.2, 0) is 11.3 Å². The third kappa shape index (κ3) is 2.35. The summed E-state index contributed by atoms with van der Waals surface area (Å²) >= 11 is 0. The summed E-state index contributed by atoms with van der Waals surface area (Å²) in [5.41, 5.74) is 1.12. The second kappa shape index (κ2) is 4.63. The molecule has 96 valence electrons. The number of hydrogen-bond acceptors (Lipinski definition) is 2. The maximum absolute atomic E-state index is 12.0. The smallest absolute Gasteiger partial charge is 0.223 e. The molecule has 2 aliphatic carbocycles. The molecule has 0 saturated heterocycles. The van der Waals surface area contributed by atoms with Crippen LogP contribution < -0.4 is 10.1 Å². The van der Waals surface area contributed by atoms with Crippen molar-refractivity contribution < 1.29 is 9.53 Å². The molecule has 2 saturated carbocycles. The van der Waals surface area contributed by atoms with Crippen LogP contribution in [0.25, 0.3) is 0 Å². The quantitative estimate of drug-likeness (QED) is 0.884. The SMILES string of the molecule is COc1ccc(CNC(=O)C2CC3CC3C2)cc1. The Bertz CT molecular complexity index is 430. The summed E-state index contributed by atoms with van der Waals surface area (Å²) in [6.07, 6.45) is 3.58. The molecule has 3 rings (SSSR count). The molecule has 0 aliphatic heterocycles. The molecule has 2 atom stereocenters. The van der Waals surface area contributed by atoms with Crippen molar-refractivity contribution >= 4 is 5.91 Å². The van der Waals surface area contributed by atoms with Crippen LogP contribution in [0.4, 0.5) is 0 Å². The van der Waals surface area contributed by atoms with Crippen molar-refractivity contribution in [3.8, 4) is 5.75 Å². The lowest BCUT2D eigenvalue weighted by Gasteiger charge is -2.12. The first-order chi connectivity index (χ1) is 8.76. The molecule has 0 spiro atoms. The van der Waals surface area contributed by atoms with E-state index in [4.69, 9.17) is 4.74 Å².